The van der Waals surface area contributed by atoms with Gasteiger partial charge in [0, 0.05) is 0 Å². The molecule has 0 aromatic carbocycles. The van der Waals surface area contributed by atoms with Crippen molar-refractivity contribution in [1.82, 2.24) is 0 Å². The van der Waals surface area contributed by atoms with Crippen LogP contribution in [-0.4, -0.2) is 17.4 Å². The van der Waals surface area contributed by atoms with E-state index in [0.29, 0.717) is 12.8 Å². The van der Waals surface area contributed by atoms with Gasteiger partial charge in [-0.15, -0.1) is 0 Å². The zero-order valence-corrected chi connectivity index (χ0v) is 7.52. The summed E-state index contributed by atoms with van der Waals surface area (Å²) in [5.41, 5.74) is 0. The summed E-state index contributed by atoms with van der Waals surface area (Å²) in [5, 5.41) is 9.17. The Labute approximate surface area is 68.6 Å². The molecule has 0 radical (unpaired) electrons. The fraction of sp³-hybridized carbons (Fsp3) is 1.00. The molecule has 0 heterocycles. The van der Waals surface area contributed by atoms with E-state index in [2.05, 4.69) is 0 Å². The van der Waals surface area contributed by atoms with Gasteiger partial charge in [0.15, 0.2) is 0 Å². The third-order valence-electron chi connectivity index (χ3n) is 1.84. The van der Waals surface area contributed by atoms with E-state index in [1.807, 2.05) is 13.8 Å². The van der Waals surface area contributed by atoms with E-state index in [1.165, 1.54) is 0 Å². The van der Waals surface area contributed by atoms with Gasteiger partial charge >= 0.3 is 0 Å². The molecule has 0 fully saturated rings. The molecule has 0 spiro atoms. The van der Waals surface area contributed by atoms with Gasteiger partial charge < -0.3 is 5.11 Å². The number of aliphatic hydroxyl groups excluding tert-OH is 1. The summed E-state index contributed by atoms with van der Waals surface area (Å²) >= 11 is 0. The quantitative estimate of drug-likeness (QED) is 0.636. The summed E-state index contributed by atoms with van der Waals surface area (Å²) in [6.45, 7) is 3.98. The summed E-state index contributed by atoms with van der Waals surface area (Å²) in [7, 11) is 0. The fourth-order valence-corrected chi connectivity index (χ4v) is 1.07. The highest BCUT2D eigenvalue weighted by Gasteiger charge is 2.15. The standard InChI is InChI=1S/C9H19FO/c1-3-5-7-8(10)9(11)6-4-2/h8-9,11H,3-7H2,1-2H3. The molecule has 0 aliphatic rings. The molecule has 1 nitrogen and oxygen atoms in total. The number of hydrogen-bond acceptors (Lipinski definition) is 1. The van der Waals surface area contributed by atoms with Gasteiger partial charge in [0.1, 0.15) is 6.17 Å². The van der Waals surface area contributed by atoms with Gasteiger partial charge in [-0.3, -0.25) is 0 Å². The van der Waals surface area contributed by atoms with Crippen LogP contribution in [0.3, 0.4) is 0 Å². The van der Waals surface area contributed by atoms with Crippen molar-refractivity contribution in [3.63, 3.8) is 0 Å². The van der Waals surface area contributed by atoms with Crippen molar-refractivity contribution < 1.29 is 9.50 Å². The molecule has 11 heavy (non-hydrogen) atoms. The van der Waals surface area contributed by atoms with E-state index >= 15 is 0 Å². The van der Waals surface area contributed by atoms with Gasteiger partial charge in [0.25, 0.3) is 0 Å². The molecule has 68 valence electrons. The second kappa shape index (κ2) is 6.59. The Bertz CT molecular complexity index is 85.6. The van der Waals surface area contributed by atoms with Crippen LogP contribution in [0.2, 0.25) is 0 Å². The van der Waals surface area contributed by atoms with Gasteiger partial charge in [0.05, 0.1) is 6.10 Å². The number of rotatable bonds is 6. The fourth-order valence-electron chi connectivity index (χ4n) is 1.07. The van der Waals surface area contributed by atoms with Crippen LogP contribution in [0.15, 0.2) is 0 Å². The van der Waals surface area contributed by atoms with Crippen LogP contribution in [-0.2, 0) is 0 Å². The minimum Gasteiger partial charge on any atom is -0.390 e. The molecule has 2 heteroatoms. The SMILES string of the molecule is CCCCC(F)C(O)CCC. The maximum atomic E-state index is 12.9. The van der Waals surface area contributed by atoms with Crippen LogP contribution in [0.4, 0.5) is 4.39 Å². The molecule has 2 unspecified atom stereocenters. The maximum Gasteiger partial charge on any atom is 0.126 e. The molecule has 0 saturated heterocycles. The zero-order chi connectivity index (χ0) is 8.69. The van der Waals surface area contributed by atoms with Crippen molar-refractivity contribution in [2.75, 3.05) is 0 Å². The lowest BCUT2D eigenvalue weighted by Gasteiger charge is -2.13. The monoisotopic (exact) mass is 162 g/mol. The van der Waals surface area contributed by atoms with E-state index in [4.69, 9.17) is 5.11 Å². The Morgan fingerprint density at radius 1 is 1.18 bits per heavy atom. The first-order valence-electron chi connectivity index (χ1n) is 4.54. The summed E-state index contributed by atoms with van der Waals surface area (Å²) in [6.07, 6.45) is 2.10. The minimum atomic E-state index is -1.00. The van der Waals surface area contributed by atoms with Crippen LogP contribution in [0.1, 0.15) is 46.0 Å². The number of alkyl halides is 1. The Balaban J connectivity index is 3.38. The molecular weight excluding hydrogens is 143 g/mol. The molecule has 0 saturated carbocycles. The lowest BCUT2D eigenvalue weighted by atomic mass is 10.1. The highest BCUT2D eigenvalue weighted by Crippen LogP contribution is 2.12. The van der Waals surface area contributed by atoms with Crippen LogP contribution >= 0.6 is 0 Å². The summed E-state index contributed by atoms with van der Waals surface area (Å²) < 4.78 is 12.9. The Morgan fingerprint density at radius 2 is 1.82 bits per heavy atom. The zero-order valence-electron chi connectivity index (χ0n) is 7.52. The highest BCUT2D eigenvalue weighted by atomic mass is 19.1. The predicted octanol–water partition coefficient (Wildman–Crippen LogP) is 2.68. The van der Waals surface area contributed by atoms with Gasteiger partial charge in [-0.25, -0.2) is 4.39 Å². The number of hydrogen-bond donors (Lipinski definition) is 1. The largest absolute Gasteiger partial charge is 0.390 e. The van der Waals surface area contributed by atoms with Gasteiger partial charge in [-0.05, 0) is 12.8 Å². The van der Waals surface area contributed by atoms with Crippen molar-refractivity contribution in [3.05, 3.63) is 0 Å². The maximum absolute atomic E-state index is 12.9. The van der Waals surface area contributed by atoms with Crippen molar-refractivity contribution in [3.8, 4) is 0 Å². The lowest BCUT2D eigenvalue weighted by molar-refractivity contribution is 0.0640. The van der Waals surface area contributed by atoms with Gasteiger partial charge in [-0.1, -0.05) is 33.1 Å². The summed E-state index contributed by atoms with van der Waals surface area (Å²) in [6, 6.07) is 0. The summed E-state index contributed by atoms with van der Waals surface area (Å²) in [5.74, 6) is 0. The first kappa shape index (κ1) is 10.9. The van der Waals surface area contributed by atoms with Crippen LogP contribution in [0.5, 0.6) is 0 Å². The van der Waals surface area contributed by atoms with E-state index in [9.17, 15) is 4.39 Å². The third kappa shape index (κ3) is 5.19. The Morgan fingerprint density at radius 3 is 2.27 bits per heavy atom. The molecule has 0 amide bonds. The average molecular weight is 162 g/mol. The minimum absolute atomic E-state index is 0.512. The van der Waals surface area contributed by atoms with Crippen molar-refractivity contribution in [2.24, 2.45) is 0 Å². The van der Waals surface area contributed by atoms with Crippen LogP contribution < -0.4 is 0 Å². The Hall–Kier alpha value is -0.110. The third-order valence-corrected chi connectivity index (χ3v) is 1.84. The van der Waals surface area contributed by atoms with Gasteiger partial charge in [-0.2, -0.15) is 0 Å². The molecule has 0 bridgehead atoms. The van der Waals surface area contributed by atoms with E-state index in [0.717, 1.165) is 19.3 Å². The van der Waals surface area contributed by atoms with Crippen molar-refractivity contribution in [1.29, 1.82) is 0 Å². The topological polar surface area (TPSA) is 20.2 Å². The number of aliphatic hydroxyl groups is 1. The number of unbranched alkanes of at least 4 members (excludes halogenated alkanes) is 1. The van der Waals surface area contributed by atoms with E-state index in [1.54, 1.807) is 0 Å². The van der Waals surface area contributed by atoms with E-state index in [-0.39, 0.29) is 0 Å². The van der Waals surface area contributed by atoms with Crippen LogP contribution in [0, 0.1) is 0 Å². The summed E-state index contributed by atoms with van der Waals surface area (Å²) in [4.78, 5) is 0. The highest BCUT2D eigenvalue weighted by molar-refractivity contribution is 4.66. The molecule has 0 aliphatic carbocycles. The molecular formula is C9H19FO. The molecule has 2 atom stereocenters. The molecule has 0 aromatic heterocycles. The smallest absolute Gasteiger partial charge is 0.126 e. The second-order valence-corrected chi connectivity index (χ2v) is 3.01. The Kier molecular flexibility index (Phi) is 6.52. The van der Waals surface area contributed by atoms with Crippen LogP contribution in [0.25, 0.3) is 0 Å². The van der Waals surface area contributed by atoms with Gasteiger partial charge in [0.2, 0.25) is 0 Å². The molecule has 0 rings (SSSR count). The first-order chi connectivity index (χ1) is 5.22. The predicted molar refractivity (Wildman–Crippen MR) is 45.3 cm³/mol. The molecule has 0 aliphatic heterocycles. The van der Waals surface area contributed by atoms with E-state index < -0.39 is 12.3 Å². The second-order valence-electron chi connectivity index (χ2n) is 3.01. The number of halogens is 1. The average Bonchev–Trinajstić information content (AvgIpc) is 2.00. The van der Waals surface area contributed by atoms with Crippen molar-refractivity contribution in [2.45, 2.75) is 58.2 Å². The molecule has 0 aromatic rings. The van der Waals surface area contributed by atoms with Crippen molar-refractivity contribution >= 4 is 0 Å². The normalized spacial score (nSPS) is 16.4. The lowest BCUT2D eigenvalue weighted by Crippen LogP contribution is -2.21. The first-order valence-corrected chi connectivity index (χ1v) is 4.54. The molecule has 1 N–H and O–H groups in total.